The molecule has 3 atom stereocenters. The third-order valence-corrected chi connectivity index (χ3v) is 14.2. The van der Waals surface area contributed by atoms with E-state index in [9.17, 15) is 27.7 Å². The number of morpholine rings is 1. The summed E-state index contributed by atoms with van der Waals surface area (Å²) in [7, 11) is -2.48. The smallest absolute Gasteiger partial charge is 0.407 e. The zero-order valence-electron chi connectivity index (χ0n) is 33.0. The van der Waals surface area contributed by atoms with Crippen LogP contribution in [0, 0.1) is 34.9 Å². The van der Waals surface area contributed by atoms with E-state index in [1.165, 1.54) is 37.5 Å². The van der Waals surface area contributed by atoms with Gasteiger partial charge in [-0.05, 0) is 105 Å². The van der Waals surface area contributed by atoms with Crippen molar-refractivity contribution in [3.05, 3.63) is 96.3 Å². The van der Waals surface area contributed by atoms with Crippen LogP contribution >= 0.6 is 0 Å². The first-order chi connectivity index (χ1) is 28.1. The SMILES string of the molecule is COC(=O)N[C@H]1CCC[C@@H]1[C@](C#N)(c1cccc(F)c1)C1CCN(CC2CN(c3ccc(S(=O)(=O)c4cccc(NC(=O)/C=C/CN5CCOCC5)c4)cc3)C2)CC1. The number of anilines is 2. The number of hydrogen-bond acceptors (Lipinski definition) is 10. The zero-order valence-corrected chi connectivity index (χ0v) is 33.8. The van der Waals surface area contributed by atoms with Crippen LogP contribution in [0.2, 0.25) is 0 Å². The predicted molar refractivity (Wildman–Crippen MR) is 219 cm³/mol. The van der Waals surface area contributed by atoms with E-state index < -0.39 is 21.3 Å². The molecular formula is C44H53FN6O6S. The van der Waals surface area contributed by atoms with Gasteiger partial charge in [0.25, 0.3) is 0 Å². The number of hydrogen-bond donors (Lipinski definition) is 2. The number of carbonyl (C=O) groups excluding carboxylic acids is 2. The van der Waals surface area contributed by atoms with Crippen molar-refractivity contribution in [3.63, 3.8) is 0 Å². The van der Waals surface area contributed by atoms with Crippen LogP contribution in [0.1, 0.15) is 37.7 Å². The summed E-state index contributed by atoms with van der Waals surface area (Å²) in [5.74, 6) is -0.405. The fraction of sp³-hybridized carbons (Fsp3) is 0.477. The number of ether oxygens (including phenoxy) is 2. The standard InChI is InChI=1S/C44H53FN6O6S/c1-56-43(53)48-41-11-4-10-40(41)44(31-46,34-6-2-7-35(45)26-34)33-17-20-50(21-18-33)28-32-29-51(30-32)37-13-15-38(16-14-37)58(54,55)39-9-3-8-36(27-39)47-42(52)12-5-19-49-22-24-57-25-23-49/h2-3,5-9,12-16,26-27,32-33,40-41H,4,10-11,17-25,28-30H2,1H3,(H,47,52)(H,48,53)/b12-5+/t40-,41-,44-/m0/s1. The number of nitriles is 1. The number of nitrogens with zero attached hydrogens (tertiary/aromatic N) is 4. The molecule has 4 fully saturated rings. The summed E-state index contributed by atoms with van der Waals surface area (Å²) < 4.78 is 52.1. The van der Waals surface area contributed by atoms with E-state index in [4.69, 9.17) is 9.47 Å². The minimum Gasteiger partial charge on any atom is -0.453 e. The first kappa shape index (κ1) is 41.4. The number of alkyl carbamates (subject to hydrolysis) is 1. The van der Waals surface area contributed by atoms with E-state index in [2.05, 4.69) is 31.4 Å². The number of carbonyl (C=O) groups is 2. The number of piperidine rings is 1. The molecule has 3 aromatic carbocycles. The van der Waals surface area contributed by atoms with Crippen molar-refractivity contribution in [2.24, 2.45) is 17.8 Å². The fourth-order valence-electron chi connectivity index (χ4n) is 9.45. The molecule has 0 unspecified atom stereocenters. The summed E-state index contributed by atoms with van der Waals surface area (Å²) in [5, 5.41) is 16.7. The number of likely N-dealkylation sites (tertiary alicyclic amines) is 1. The maximum atomic E-state index is 14.7. The third-order valence-electron chi connectivity index (χ3n) is 12.4. The number of benzene rings is 3. The molecule has 3 saturated heterocycles. The Morgan fingerprint density at radius 2 is 1.69 bits per heavy atom. The molecule has 0 bridgehead atoms. The lowest BCUT2D eigenvalue weighted by atomic mass is 9.59. The second-order valence-electron chi connectivity index (χ2n) is 15.9. The van der Waals surface area contributed by atoms with E-state index in [0.29, 0.717) is 36.9 Å². The number of amides is 2. The second kappa shape index (κ2) is 18.4. The molecule has 3 heterocycles. The summed E-state index contributed by atoms with van der Waals surface area (Å²) >= 11 is 0. The Kier molecular flexibility index (Phi) is 13.1. The maximum Gasteiger partial charge on any atom is 0.407 e. The van der Waals surface area contributed by atoms with Crippen LogP contribution in [-0.2, 0) is 29.5 Å². The number of rotatable bonds is 13. The molecule has 0 aromatic heterocycles. The van der Waals surface area contributed by atoms with Gasteiger partial charge < -0.3 is 29.9 Å². The highest BCUT2D eigenvalue weighted by atomic mass is 32.2. The molecule has 14 heteroatoms. The van der Waals surface area contributed by atoms with Gasteiger partial charge in [-0.25, -0.2) is 17.6 Å². The van der Waals surface area contributed by atoms with Gasteiger partial charge in [-0.1, -0.05) is 30.7 Å². The van der Waals surface area contributed by atoms with Crippen molar-refractivity contribution >= 4 is 33.2 Å². The fourth-order valence-corrected chi connectivity index (χ4v) is 10.8. The quantitative estimate of drug-likeness (QED) is 0.209. The van der Waals surface area contributed by atoms with Crippen LogP contribution < -0.4 is 15.5 Å². The summed E-state index contributed by atoms with van der Waals surface area (Å²) in [6.45, 7) is 7.92. The number of methoxy groups -OCH3 is 1. The van der Waals surface area contributed by atoms with Crippen molar-refractivity contribution in [2.45, 2.75) is 53.4 Å². The number of nitrogens with one attached hydrogen (secondary N) is 2. The average Bonchev–Trinajstić information content (AvgIpc) is 3.68. The Balaban J connectivity index is 0.918. The normalized spacial score (nSPS) is 22.2. The topological polar surface area (TPSA) is 144 Å². The highest BCUT2D eigenvalue weighted by Gasteiger charge is 2.53. The molecule has 2 N–H and O–H groups in total. The van der Waals surface area contributed by atoms with E-state index in [0.717, 1.165) is 83.6 Å². The zero-order chi connectivity index (χ0) is 40.7. The van der Waals surface area contributed by atoms with Gasteiger partial charge in [0.1, 0.15) is 5.82 Å². The molecule has 1 saturated carbocycles. The van der Waals surface area contributed by atoms with Gasteiger partial charge in [-0.15, -0.1) is 0 Å². The number of sulfone groups is 1. The summed E-state index contributed by atoms with van der Waals surface area (Å²) in [6.07, 6.45) is 6.72. The molecule has 3 aromatic rings. The van der Waals surface area contributed by atoms with E-state index in [1.54, 1.807) is 36.4 Å². The Morgan fingerprint density at radius 3 is 2.40 bits per heavy atom. The van der Waals surface area contributed by atoms with Crippen LogP contribution in [0.4, 0.5) is 20.6 Å². The Bertz CT molecular complexity index is 2090. The monoisotopic (exact) mass is 812 g/mol. The predicted octanol–water partition coefficient (Wildman–Crippen LogP) is 5.62. The number of halogens is 1. The van der Waals surface area contributed by atoms with Gasteiger partial charge in [0, 0.05) is 74.6 Å². The Hall–Kier alpha value is -4.81. The van der Waals surface area contributed by atoms with E-state index in [-0.39, 0.29) is 39.4 Å². The van der Waals surface area contributed by atoms with Gasteiger partial charge in [-0.2, -0.15) is 5.26 Å². The Morgan fingerprint density at radius 1 is 0.948 bits per heavy atom. The molecule has 58 heavy (non-hydrogen) atoms. The van der Waals surface area contributed by atoms with Crippen molar-refractivity contribution in [1.82, 2.24) is 15.1 Å². The second-order valence-corrected chi connectivity index (χ2v) is 17.9. The molecule has 308 valence electrons. The molecule has 7 rings (SSSR count). The van der Waals surface area contributed by atoms with Gasteiger partial charge in [0.05, 0.1) is 41.6 Å². The lowest BCUT2D eigenvalue weighted by Crippen LogP contribution is -2.55. The molecule has 2 amide bonds. The van der Waals surface area contributed by atoms with Gasteiger partial charge in [0.2, 0.25) is 15.7 Å². The average molecular weight is 813 g/mol. The van der Waals surface area contributed by atoms with Gasteiger partial charge in [-0.3, -0.25) is 9.69 Å². The van der Waals surface area contributed by atoms with Crippen molar-refractivity contribution in [3.8, 4) is 6.07 Å². The van der Waals surface area contributed by atoms with Crippen LogP contribution in [0.15, 0.2) is 94.7 Å². The molecule has 12 nitrogen and oxygen atoms in total. The van der Waals surface area contributed by atoms with Crippen LogP contribution in [-0.4, -0.2) is 109 Å². The van der Waals surface area contributed by atoms with E-state index in [1.807, 2.05) is 18.2 Å². The third kappa shape index (κ3) is 9.23. The Labute approximate surface area is 340 Å². The van der Waals surface area contributed by atoms with Crippen LogP contribution in [0.25, 0.3) is 0 Å². The van der Waals surface area contributed by atoms with Gasteiger partial charge >= 0.3 is 6.09 Å². The summed E-state index contributed by atoms with van der Waals surface area (Å²) in [6, 6.07) is 22.2. The van der Waals surface area contributed by atoms with Gasteiger partial charge in [0.15, 0.2) is 0 Å². The molecular weight excluding hydrogens is 760 g/mol. The first-order valence-electron chi connectivity index (χ1n) is 20.3. The molecule has 4 aliphatic rings. The minimum absolute atomic E-state index is 0.00223. The van der Waals surface area contributed by atoms with Crippen molar-refractivity contribution in [1.29, 1.82) is 5.26 Å². The largest absolute Gasteiger partial charge is 0.453 e. The lowest BCUT2D eigenvalue weighted by molar-refractivity contribution is -0.111. The molecule has 1 aliphatic carbocycles. The molecule has 3 aliphatic heterocycles. The molecule has 0 radical (unpaired) electrons. The maximum absolute atomic E-state index is 14.7. The minimum atomic E-state index is -3.82. The van der Waals surface area contributed by atoms with Crippen LogP contribution in [0.3, 0.4) is 0 Å². The molecule has 0 spiro atoms. The summed E-state index contributed by atoms with van der Waals surface area (Å²) in [5.41, 5.74) is 1.11. The van der Waals surface area contributed by atoms with Crippen LogP contribution in [0.5, 0.6) is 0 Å². The van der Waals surface area contributed by atoms with Crippen molar-refractivity contribution in [2.75, 3.05) is 82.9 Å². The first-order valence-corrected chi connectivity index (χ1v) is 21.8. The van der Waals surface area contributed by atoms with Crippen molar-refractivity contribution < 1.29 is 31.9 Å². The highest BCUT2D eigenvalue weighted by Crippen LogP contribution is 2.50. The lowest BCUT2D eigenvalue weighted by Gasteiger charge is -2.48. The summed E-state index contributed by atoms with van der Waals surface area (Å²) in [4.78, 5) is 32.0. The highest BCUT2D eigenvalue weighted by molar-refractivity contribution is 7.91. The van der Waals surface area contributed by atoms with E-state index >= 15 is 0 Å².